The number of nitro groups is 1. The molecule has 3 aromatic rings. The van der Waals surface area contributed by atoms with Crippen LogP contribution in [-0.2, 0) is 16.4 Å². The van der Waals surface area contributed by atoms with Crippen LogP contribution in [-0.4, -0.2) is 21.5 Å². The zero-order valence-electron chi connectivity index (χ0n) is 18.1. The van der Waals surface area contributed by atoms with Crippen molar-refractivity contribution in [2.75, 3.05) is 5.32 Å². The summed E-state index contributed by atoms with van der Waals surface area (Å²) < 4.78 is 40.1. The third-order valence-corrected chi connectivity index (χ3v) is 6.93. The maximum Gasteiger partial charge on any atom is 0.423 e. The zero-order valence-corrected chi connectivity index (χ0v) is 18.9. The van der Waals surface area contributed by atoms with Gasteiger partial charge in [-0.05, 0) is 48.6 Å². The Balaban J connectivity index is 1.68. The summed E-state index contributed by atoms with van der Waals surface area (Å²) in [5, 5.41) is 26.6. The van der Waals surface area contributed by atoms with E-state index < -0.39 is 39.3 Å². The molecule has 1 fully saturated rings. The molecule has 1 unspecified atom stereocenters. The van der Waals surface area contributed by atoms with Gasteiger partial charge in [0.2, 0.25) is 5.60 Å². The number of anilines is 1. The number of carbonyl (C=O) groups excluding carboxylic acids is 1. The van der Waals surface area contributed by atoms with Crippen LogP contribution in [0.1, 0.15) is 35.3 Å². The summed E-state index contributed by atoms with van der Waals surface area (Å²) >= 11 is 1.49. The summed E-state index contributed by atoms with van der Waals surface area (Å²) in [6, 6.07) is 14.6. The van der Waals surface area contributed by atoms with Gasteiger partial charge in [-0.3, -0.25) is 14.9 Å². The van der Waals surface area contributed by atoms with Crippen LogP contribution in [0.25, 0.3) is 0 Å². The molecule has 0 radical (unpaired) electrons. The van der Waals surface area contributed by atoms with Crippen molar-refractivity contribution in [3.05, 3.63) is 92.2 Å². The molecule has 0 bridgehead atoms. The summed E-state index contributed by atoms with van der Waals surface area (Å²) in [5.74, 6) is 4.40. The molecular formula is C25H19F3N2O4S. The van der Waals surface area contributed by atoms with Gasteiger partial charge in [0, 0.05) is 34.0 Å². The van der Waals surface area contributed by atoms with Gasteiger partial charge < -0.3 is 10.4 Å². The predicted octanol–water partition coefficient (Wildman–Crippen LogP) is 5.52. The van der Waals surface area contributed by atoms with Crippen molar-refractivity contribution in [3.63, 3.8) is 0 Å². The largest absolute Gasteiger partial charge is 0.423 e. The van der Waals surface area contributed by atoms with Gasteiger partial charge in [-0.15, -0.1) is 11.3 Å². The van der Waals surface area contributed by atoms with E-state index in [2.05, 4.69) is 17.2 Å². The summed E-state index contributed by atoms with van der Waals surface area (Å²) in [6.45, 7) is 0. The number of carbonyl (C=O) groups is 1. The number of aliphatic hydroxyl groups is 1. The molecule has 1 aromatic heterocycles. The number of thiophene rings is 1. The van der Waals surface area contributed by atoms with Gasteiger partial charge in [0.15, 0.2) is 0 Å². The number of hydrogen-bond donors (Lipinski definition) is 2. The molecule has 2 N–H and O–H groups in total. The number of nitro benzene ring substituents is 1. The maximum atomic E-state index is 13.4. The highest BCUT2D eigenvalue weighted by Crippen LogP contribution is 2.55. The van der Waals surface area contributed by atoms with Gasteiger partial charge in [0.1, 0.15) is 5.56 Å². The van der Waals surface area contributed by atoms with Crippen LogP contribution in [0.3, 0.4) is 0 Å². The van der Waals surface area contributed by atoms with Gasteiger partial charge in [0.05, 0.1) is 4.92 Å². The van der Waals surface area contributed by atoms with E-state index >= 15 is 0 Å². The highest BCUT2D eigenvalue weighted by Gasteiger charge is 2.53. The first kappa shape index (κ1) is 24.4. The van der Waals surface area contributed by atoms with E-state index in [1.807, 2.05) is 17.5 Å². The summed E-state index contributed by atoms with van der Waals surface area (Å²) in [6.07, 6.45) is -3.60. The highest BCUT2D eigenvalue weighted by atomic mass is 32.1. The van der Waals surface area contributed by atoms with Gasteiger partial charge in [-0.2, -0.15) is 13.2 Å². The van der Waals surface area contributed by atoms with Crippen molar-refractivity contribution < 1.29 is 28.0 Å². The molecule has 1 saturated carbocycles. The summed E-state index contributed by atoms with van der Waals surface area (Å²) in [7, 11) is 0. The van der Waals surface area contributed by atoms with Crippen LogP contribution in [0.5, 0.6) is 0 Å². The molecule has 4 rings (SSSR count). The van der Waals surface area contributed by atoms with E-state index in [0.29, 0.717) is 17.7 Å². The Morgan fingerprint density at radius 1 is 1.14 bits per heavy atom. The maximum absolute atomic E-state index is 13.4. The lowest BCUT2D eigenvalue weighted by Crippen LogP contribution is -2.44. The first-order valence-electron chi connectivity index (χ1n) is 10.5. The third-order valence-electron chi connectivity index (χ3n) is 5.81. The van der Waals surface area contributed by atoms with Crippen molar-refractivity contribution in [2.45, 2.75) is 36.5 Å². The monoisotopic (exact) mass is 500 g/mol. The molecule has 1 atom stereocenters. The molecule has 2 aromatic carbocycles. The average molecular weight is 500 g/mol. The van der Waals surface area contributed by atoms with Crippen LogP contribution >= 0.6 is 11.3 Å². The molecule has 0 spiro atoms. The van der Waals surface area contributed by atoms with Crippen molar-refractivity contribution >= 4 is 28.6 Å². The van der Waals surface area contributed by atoms with E-state index in [9.17, 15) is 33.2 Å². The lowest BCUT2D eigenvalue weighted by molar-refractivity contribution is -0.388. The van der Waals surface area contributed by atoms with Gasteiger partial charge in [-0.1, -0.05) is 36.1 Å². The lowest BCUT2D eigenvalue weighted by atomic mass is 9.86. The Morgan fingerprint density at radius 2 is 1.86 bits per heavy atom. The first-order valence-corrected chi connectivity index (χ1v) is 11.4. The first-order chi connectivity index (χ1) is 16.5. The molecule has 10 heteroatoms. The van der Waals surface area contributed by atoms with Crippen molar-refractivity contribution in [1.29, 1.82) is 0 Å². The summed E-state index contributed by atoms with van der Waals surface area (Å²) in [5.41, 5.74) is -5.11. The number of hydrogen-bond acceptors (Lipinski definition) is 5. The molecular weight excluding hydrogens is 481 g/mol. The Morgan fingerprint density at radius 3 is 2.43 bits per heavy atom. The minimum absolute atomic E-state index is 0.0503. The number of alkyl halides is 3. The molecule has 180 valence electrons. The van der Waals surface area contributed by atoms with Crippen LogP contribution in [0, 0.1) is 22.0 Å². The van der Waals surface area contributed by atoms with Crippen molar-refractivity contribution in [1.82, 2.24) is 0 Å². The summed E-state index contributed by atoms with van der Waals surface area (Å²) in [4.78, 5) is 24.1. The fourth-order valence-electron chi connectivity index (χ4n) is 3.84. The number of amides is 1. The van der Waals surface area contributed by atoms with Crippen LogP contribution in [0.15, 0.2) is 66.0 Å². The number of halogens is 3. The van der Waals surface area contributed by atoms with Crippen molar-refractivity contribution in [3.8, 4) is 11.8 Å². The minimum atomic E-state index is -5.01. The Hall–Kier alpha value is -3.68. The topological polar surface area (TPSA) is 92.5 Å². The van der Waals surface area contributed by atoms with Crippen LogP contribution in [0.2, 0.25) is 0 Å². The number of rotatable bonds is 6. The standard InChI is InChI=1S/C25H19F3N2O4S/c26-25(27,28)19-15-18(8-9-20(19)30(33)34)29-22(31)24(32,11-10-17-5-2-1-3-6-17)16-23(12-13-23)21-7-4-14-35-21/h1-9,14-15,32H,12-13,16H2,(H,29,31). The Labute approximate surface area is 202 Å². The molecule has 0 saturated heterocycles. The van der Waals surface area contributed by atoms with Crippen LogP contribution < -0.4 is 5.32 Å². The second-order valence-corrected chi connectivity index (χ2v) is 9.30. The zero-order chi connectivity index (χ0) is 25.3. The van der Waals surface area contributed by atoms with Gasteiger partial charge >= 0.3 is 6.18 Å². The fraction of sp³-hybridized carbons (Fsp3) is 0.240. The van der Waals surface area contributed by atoms with E-state index in [1.54, 1.807) is 30.3 Å². The molecule has 35 heavy (non-hydrogen) atoms. The Bertz CT molecular complexity index is 1310. The average Bonchev–Trinajstić information content (AvgIpc) is 3.36. The van der Waals surface area contributed by atoms with Crippen molar-refractivity contribution in [2.24, 2.45) is 0 Å². The molecule has 1 aliphatic carbocycles. The molecule has 1 heterocycles. The van der Waals surface area contributed by atoms with Gasteiger partial charge in [-0.25, -0.2) is 0 Å². The second-order valence-electron chi connectivity index (χ2n) is 8.35. The quantitative estimate of drug-likeness (QED) is 0.265. The Kier molecular flexibility index (Phi) is 6.40. The van der Waals surface area contributed by atoms with E-state index in [1.165, 1.54) is 11.3 Å². The predicted molar refractivity (Wildman–Crippen MR) is 125 cm³/mol. The smallest absolute Gasteiger partial charge is 0.369 e. The lowest BCUT2D eigenvalue weighted by Gasteiger charge is -2.26. The number of nitrogens with one attached hydrogen (secondary N) is 1. The normalized spacial score (nSPS) is 15.9. The SMILES string of the molecule is O=C(Nc1ccc([N+](=O)[O-])c(C(F)(F)F)c1)C(O)(C#Cc1ccccc1)CC1(c2cccs2)CC1. The van der Waals surface area contributed by atoms with Crippen LogP contribution in [0.4, 0.5) is 24.5 Å². The van der Waals surface area contributed by atoms with Gasteiger partial charge in [0.25, 0.3) is 11.6 Å². The second kappa shape index (κ2) is 9.17. The minimum Gasteiger partial charge on any atom is -0.369 e. The molecule has 1 amide bonds. The fourth-order valence-corrected chi connectivity index (χ4v) is 4.83. The van der Waals surface area contributed by atoms with E-state index in [0.717, 1.165) is 23.8 Å². The molecule has 6 nitrogen and oxygen atoms in total. The highest BCUT2D eigenvalue weighted by molar-refractivity contribution is 7.10. The third kappa shape index (κ3) is 5.37. The van der Waals surface area contributed by atoms with E-state index in [4.69, 9.17) is 0 Å². The molecule has 0 aliphatic heterocycles. The van der Waals surface area contributed by atoms with E-state index in [-0.39, 0.29) is 12.1 Å². The number of benzene rings is 2. The molecule has 1 aliphatic rings. The number of nitrogens with zero attached hydrogens (tertiary/aromatic N) is 1.